The van der Waals surface area contributed by atoms with Gasteiger partial charge < -0.3 is 14.0 Å². The molecule has 0 aliphatic carbocycles. The molecule has 2 aromatic carbocycles. The molecule has 230 valence electrons. The molecule has 0 amide bonds. The SMILES string of the molecule is CCCCCCCCCCCCCCc1cccc(OCCCOC(=O)C(C)CC[N+](C)(C)Cc2ccccc2)c1. The Bertz CT molecular complexity index is 927. The van der Waals surface area contributed by atoms with Crippen molar-refractivity contribution >= 4 is 5.97 Å². The van der Waals surface area contributed by atoms with E-state index in [1.54, 1.807) is 0 Å². The van der Waals surface area contributed by atoms with Crippen LogP contribution in [0.5, 0.6) is 5.75 Å². The summed E-state index contributed by atoms with van der Waals surface area (Å²) in [7, 11) is 4.44. The maximum Gasteiger partial charge on any atom is 0.308 e. The van der Waals surface area contributed by atoms with Gasteiger partial charge in [0.2, 0.25) is 0 Å². The van der Waals surface area contributed by atoms with Gasteiger partial charge in [-0.15, -0.1) is 0 Å². The fourth-order valence-corrected chi connectivity index (χ4v) is 5.34. The molecule has 0 aliphatic heterocycles. The van der Waals surface area contributed by atoms with Crippen molar-refractivity contribution in [1.29, 1.82) is 0 Å². The van der Waals surface area contributed by atoms with Gasteiger partial charge in [0.25, 0.3) is 0 Å². The number of nitrogens with zero attached hydrogens (tertiary/aromatic N) is 1. The molecular formula is C37H60NO3+. The summed E-state index contributed by atoms with van der Waals surface area (Å²) in [6.07, 6.45) is 19.2. The summed E-state index contributed by atoms with van der Waals surface area (Å²) in [5, 5.41) is 0. The fraction of sp³-hybridized carbons (Fsp3) is 0.649. The zero-order valence-electron chi connectivity index (χ0n) is 26.9. The lowest BCUT2D eigenvalue weighted by Crippen LogP contribution is -2.40. The van der Waals surface area contributed by atoms with Crippen molar-refractivity contribution in [2.45, 2.75) is 117 Å². The fourth-order valence-electron chi connectivity index (χ4n) is 5.34. The van der Waals surface area contributed by atoms with Crippen LogP contribution in [0.1, 0.15) is 115 Å². The molecule has 0 radical (unpaired) electrons. The van der Waals surface area contributed by atoms with Crippen molar-refractivity contribution in [3.63, 3.8) is 0 Å². The maximum absolute atomic E-state index is 12.5. The van der Waals surface area contributed by atoms with Crippen LogP contribution in [0.15, 0.2) is 54.6 Å². The van der Waals surface area contributed by atoms with Crippen molar-refractivity contribution in [1.82, 2.24) is 0 Å². The van der Waals surface area contributed by atoms with Crippen LogP contribution in [0.25, 0.3) is 0 Å². The molecule has 0 heterocycles. The molecule has 0 saturated heterocycles. The molecule has 0 fully saturated rings. The van der Waals surface area contributed by atoms with E-state index >= 15 is 0 Å². The second-order valence-corrected chi connectivity index (χ2v) is 12.6. The molecule has 1 unspecified atom stereocenters. The molecule has 41 heavy (non-hydrogen) atoms. The lowest BCUT2D eigenvalue weighted by molar-refractivity contribution is -0.904. The summed E-state index contributed by atoms with van der Waals surface area (Å²) in [6.45, 7) is 7.12. The molecule has 1 atom stereocenters. The Morgan fingerprint density at radius 2 is 1.34 bits per heavy atom. The van der Waals surface area contributed by atoms with E-state index in [2.05, 4.69) is 63.5 Å². The first-order chi connectivity index (χ1) is 19.9. The van der Waals surface area contributed by atoms with Crippen LogP contribution in [0, 0.1) is 5.92 Å². The van der Waals surface area contributed by atoms with Gasteiger partial charge in [-0.2, -0.15) is 0 Å². The molecule has 0 spiro atoms. The largest absolute Gasteiger partial charge is 0.493 e. The van der Waals surface area contributed by atoms with E-state index < -0.39 is 0 Å². The minimum atomic E-state index is -0.103. The first kappa shape index (κ1) is 34.9. The number of hydrogen-bond donors (Lipinski definition) is 0. The van der Waals surface area contributed by atoms with Gasteiger partial charge in [-0.1, -0.05) is 127 Å². The summed E-state index contributed by atoms with van der Waals surface area (Å²) in [5.41, 5.74) is 2.67. The summed E-state index contributed by atoms with van der Waals surface area (Å²) in [5.74, 6) is 0.717. The highest BCUT2D eigenvalue weighted by Gasteiger charge is 2.21. The monoisotopic (exact) mass is 566 g/mol. The Morgan fingerprint density at radius 1 is 0.732 bits per heavy atom. The van der Waals surface area contributed by atoms with E-state index in [1.165, 1.54) is 88.2 Å². The van der Waals surface area contributed by atoms with Crippen LogP contribution in [0.3, 0.4) is 0 Å². The Hall–Kier alpha value is -2.33. The average Bonchev–Trinajstić information content (AvgIpc) is 2.96. The third-order valence-electron chi connectivity index (χ3n) is 8.04. The number of quaternary nitrogens is 1. The lowest BCUT2D eigenvalue weighted by Gasteiger charge is -2.30. The van der Waals surface area contributed by atoms with Crippen LogP contribution < -0.4 is 4.74 Å². The van der Waals surface area contributed by atoms with E-state index in [1.807, 2.05) is 19.1 Å². The number of hydrogen-bond acceptors (Lipinski definition) is 3. The van der Waals surface area contributed by atoms with Crippen LogP contribution >= 0.6 is 0 Å². The van der Waals surface area contributed by atoms with E-state index in [0.29, 0.717) is 19.6 Å². The van der Waals surface area contributed by atoms with E-state index in [4.69, 9.17) is 9.47 Å². The standard InChI is InChI=1S/C37H60NO3/c1-5-6-7-8-9-10-11-12-13-14-15-17-22-34-25-20-26-36(31-34)40-29-21-30-41-37(39)33(2)27-28-38(3,4)32-35-23-18-16-19-24-35/h16,18-20,23-26,31,33H,5-15,17,21-22,27-30,32H2,1-4H3/q+1. The lowest BCUT2D eigenvalue weighted by atomic mass is 10.0. The Morgan fingerprint density at radius 3 is 2.00 bits per heavy atom. The summed E-state index contributed by atoms with van der Waals surface area (Å²) in [6, 6.07) is 19.0. The number of aryl methyl sites for hydroxylation is 1. The molecule has 0 saturated carbocycles. The zero-order chi connectivity index (χ0) is 29.6. The number of esters is 1. The third-order valence-corrected chi connectivity index (χ3v) is 8.04. The second-order valence-electron chi connectivity index (χ2n) is 12.6. The maximum atomic E-state index is 12.5. The predicted octanol–water partition coefficient (Wildman–Crippen LogP) is 9.55. The highest BCUT2D eigenvalue weighted by molar-refractivity contribution is 5.71. The summed E-state index contributed by atoms with van der Waals surface area (Å²) >= 11 is 0. The number of rotatable bonds is 24. The van der Waals surface area contributed by atoms with Crippen molar-refractivity contribution < 1.29 is 18.8 Å². The number of carbonyl (C=O) groups is 1. The zero-order valence-corrected chi connectivity index (χ0v) is 26.9. The summed E-state index contributed by atoms with van der Waals surface area (Å²) in [4.78, 5) is 12.5. The molecule has 0 bridgehead atoms. The average molecular weight is 567 g/mol. The topological polar surface area (TPSA) is 35.5 Å². The minimum Gasteiger partial charge on any atom is -0.493 e. The quantitative estimate of drug-likeness (QED) is 0.0721. The van der Waals surface area contributed by atoms with E-state index in [-0.39, 0.29) is 11.9 Å². The van der Waals surface area contributed by atoms with Gasteiger partial charge in [-0.3, -0.25) is 4.79 Å². The molecule has 4 nitrogen and oxygen atoms in total. The minimum absolute atomic E-state index is 0.0962. The van der Waals surface area contributed by atoms with Crippen molar-refractivity contribution in [3.8, 4) is 5.75 Å². The van der Waals surface area contributed by atoms with Gasteiger partial charge in [-0.05, 0) is 30.5 Å². The van der Waals surface area contributed by atoms with E-state index in [0.717, 1.165) is 36.2 Å². The highest BCUT2D eigenvalue weighted by atomic mass is 16.5. The molecule has 2 rings (SSSR count). The second kappa shape index (κ2) is 21.4. The molecular weight excluding hydrogens is 506 g/mol. The number of carbonyl (C=O) groups excluding carboxylic acids is 1. The van der Waals surface area contributed by atoms with Crippen LogP contribution in [0.4, 0.5) is 0 Å². The molecule has 0 aliphatic rings. The van der Waals surface area contributed by atoms with Gasteiger partial charge in [0.1, 0.15) is 12.3 Å². The number of benzene rings is 2. The first-order valence-electron chi connectivity index (χ1n) is 16.6. The summed E-state index contributed by atoms with van der Waals surface area (Å²) < 4.78 is 12.4. The van der Waals surface area contributed by atoms with Crippen molar-refractivity contribution in [2.24, 2.45) is 5.92 Å². The van der Waals surface area contributed by atoms with Gasteiger partial charge in [0.05, 0.1) is 39.8 Å². The highest BCUT2D eigenvalue weighted by Crippen LogP contribution is 2.18. The van der Waals surface area contributed by atoms with Crippen molar-refractivity contribution in [3.05, 3.63) is 65.7 Å². The Labute approximate surface area is 252 Å². The molecule has 4 heteroatoms. The van der Waals surface area contributed by atoms with Crippen LogP contribution in [0.2, 0.25) is 0 Å². The molecule has 2 aromatic rings. The third kappa shape index (κ3) is 17.3. The van der Waals surface area contributed by atoms with Crippen molar-refractivity contribution in [2.75, 3.05) is 33.9 Å². The van der Waals surface area contributed by atoms with Gasteiger partial charge in [0.15, 0.2) is 0 Å². The Kier molecular flexibility index (Phi) is 18.2. The van der Waals surface area contributed by atoms with Gasteiger partial charge >= 0.3 is 5.97 Å². The molecule has 0 aromatic heterocycles. The van der Waals surface area contributed by atoms with Crippen LogP contribution in [-0.2, 0) is 22.5 Å². The predicted molar refractivity (Wildman–Crippen MR) is 173 cm³/mol. The molecule has 0 N–H and O–H groups in total. The Balaban J connectivity index is 1.50. The first-order valence-corrected chi connectivity index (χ1v) is 16.6. The van der Waals surface area contributed by atoms with Gasteiger partial charge in [-0.25, -0.2) is 0 Å². The van der Waals surface area contributed by atoms with E-state index in [9.17, 15) is 4.79 Å². The van der Waals surface area contributed by atoms with Crippen LogP contribution in [-0.4, -0.2) is 44.3 Å². The van der Waals surface area contributed by atoms with Gasteiger partial charge in [0, 0.05) is 18.4 Å². The number of ether oxygens (including phenoxy) is 2. The normalized spacial score (nSPS) is 12.3. The number of unbranched alkanes of at least 4 members (excludes halogenated alkanes) is 11. The smallest absolute Gasteiger partial charge is 0.308 e.